The van der Waals surface area contributed by atoms with Gasteiger partial charge in [-0.2, -0.15) is 0 Å². The van der Waals surface area contributed by atoms with Crippen LogP contribution >= 0.6 is 15.9 Å². The van der Waals surface area contributed by atoms with E-state index in [2.05, 4.69) is 20.9 Å². The van der Waals surface area contributed by atoms with E-state index in [4.69, 9.17) is 0 Å². The first-order valence-corrected chi connectivity index (χ1v) is 4.68. The predicted molar refractivity (Wildman–Crippen MR) is 54.1 cm³/mol. The maximum absolute atomic E-state index is 13.3. The molecule has 0 atom stereocenters. The van der Waals surface area contributed by atoms with Gasteiger partial charge < -0.3 is 0 Å². The van der Waals surface area contributed by atoms with Crippen LogP contribution in [0.5, 0.6) is 0 Å². The van der Waals surface area contributed by atoms with E-state index in [1.807, 2.05) is 6.92 Å². The summed E-state index contributed by atoms with van der Waals surface area (Å²) in [5, 5.41) is 0.564. The molecule has 0 spiro atoms. The molecule has 1 aromatic carbocycles. The van der Waals surface area contributed by atoms with E-state index in [9.17, 15) is 4.39 Å². The maximum Gasteiger partial charge on any atom is 0.132 e. The Labute approximate surface area is 83.7 Å². The van der Waals surface area contributed by atoms with Crippen molar-refractivity contribution in [3.63, 3.8) is 0 Å². The predicted octanol–water partition coefficient (Wildman–Crippen LogP) is 3.44. The number of aromatic nitrogens is 1. The smallest absolute Gasteiger partial charge is 0.132 e. The van der Waals surface area contributed by atoms with Crippen LogP contribution in [0.2, 0.25) is 0 Å². The van der Waals surface area contributed by atoms with E-state index < -0.39 is 0 Å². The Balaban J connectivity index is 2.92. The van der Waals surface area contributed by atoms with Gasteiger partial charge in [0.25, 0.3) is 0 Å². The molecule has 0 aliphatic rings. The summed E-state index contributed by atoms with van der Waals surface area (Å²) in [4.78, 5) is 4.15. The van der Waals surface area contributed by atoms with Crippen molar-refractivity contribution in [2.45, 2.75) is 6.92 Å². The van der Waals surface area contributed by atoms with Gasteiger partial charge in [0.1, 0.15) is 5.82 Å². The van der Waals surface area contributed by atoms with Crippen molar-refractivity contribution in [2.75, 3.05) is 0 Å². The van der Waals surface area contributed by atoms with Crippen molar-refractivity contribution in [3.8, 4) is 0 Å². The van der Waals surface area contributed by atoms with Crippen LogP contribution in [0.3, 0.4) is 0 Å². The second-order valence-corrected chi connectivity index (χ2v) is 3.83. The molecule has 0 N–H and O–H groups in total. The number of benzene rings is 1. The molecule has 1 aromatic heterocycles. The lowest BCUT2D eigenvalue weighted by molar-refractivity contribution is 0.639. The Bertz CT molecular complexity index is 468. The molecular weight excluding hydrogens is 233 g/mol. The number of hydrogen-bond acceptors (Lipinski definition) is 1. The molecule has 0 radical (unpaired) electrons. The van der Waals surface area contributed by atoms with Gasteiger partial charge in [-0.05, 0) is 40.5 Å². The van der Waals surface area contributed by atoms with Gasteiger partial charge in [-0.1, -0.05) is 6.07 Å². The first kappa shape index (κ1) is 8.63. The van der Waals surface area contributed by atoms with Crippen LogP contribution in [0.4, 0.5) is 4.39 Å². The molecule has 2 aromatic rings. The van der Waals surface area contributed by atoms with Crippen LogP contribution in [-0.2, 0) is 0 Å². The summed E-state index contributed by atoms with van der Waals surface area (Å²) >= 11 is 3.26. The number of fused-ring (bicyclic) bond motifs is 1. The lowest BCUT2D eigenvalue weighted by Crippen LogP contribution is -1.86. The number of aryl methyl sites for hydroxylation is 1. The van der Waals surface area contributed by atoms with Crippen LogP contribution in [0.25, 0.3) is 10.9 Å². The second-order valence-electron chi connectivity index (χ2n) is 2.91. The molecule has 0 bridgehead atoms. The van der Waals surface area contributed by atoms with Crippen molar-refractivity contribution in [3.05, 3.63) is 40.2 Å². The summed E-state index contributed by atoms with van der Waals surface area (Å²) in [6, 6.07) is 4.94. The van der Waals surface area contributed by atoms with Gasteiger partial charge in [0, 0.05) is 16.1 Å². The minimum absolute atomic E-state index is 0.227. The van der Waals surface area contributed by atoms with Crippen molar-refractivity contribution >= 4 is 26.8 Å². The monoisotopic (exact) mass is 239 g/mol. The van der Waals surface area contributed by atoms with Crippen LogP contribution in [-0.4, -0.2) is 4.98 Å². The van der Waals surface area contributed by atoms with E-state index >= 15 is 0 Å². The van der Waals surface area contributed by atoms with Crippen LogP contribution in [0.15, 0.2) is 28.9 Å². The van der Waals surface area contributed by atoms with Crippen LogP contribution in [0, 0.1) is 12.7 Å². The summed E-state index contributed by atoms with van der Waals surface area (Å²) in [5.41, 5.74) is 1.71. The zero-order chi connectivity index (χ0) is 9.42. The quantitative estimate of drug-likeness (QED) is 0.687. The zero-order valence-corrected chi connectivity index (χ0v) is 8.60. The van der Waals surface area contributed by atoms with Crippen molar-refractivity contribution in [1.82, 2.24) is 4.98 Å². The van der Waals surface area contributed by atoms with E-state index in [-0.39, 0.29) is 5.82 Å². The molecule has 1 nitrogen and oxygen atoms in total. The number of hydrogen-bond donors (Lipinski definition) is 0. The Hall–Kier alpha value is -0.960. The molecule has 0 aliphatic carbocycles. The molecule has 0 unspecified atom stereocenters. The van der Waals surface area contributed by atoms with Crippen molar-refractivity contribution < 1.29 is 4.39 Å². The summed E-state index contributed by atoms with van der Waals surface area (Å²) < 4.78 is 14.1. The van der Waals surface area contributed by atoms with Crippen molar-refractivity contribution in [1.29, 1.82) is 0 Å². The SMILES string of the molecule is Cc1ccc(F)c2cc(Br)cnc12. The molecule has 2 rings (SSSR count). The molecule has 0 amide bonds. The van der Waals surface area contributed by atoms with E-state index in [0.29, 0.717) is 5.39 Å². The third-order valence-corrected chi connectivity index (χ3v) is 2.40. The van der Waals surface area contributed by atoms with Gasteiger partial charge in [0.15, 0.2) is 0 Å². The van der Waals surface area contributed by atoms with Crippen molar-refractivity contribution in [2.24, 2.45) is 0 Å². The minimum Gasteiger partial charge on any atom is -0.255 e. The van der Waals surface area contributed by atoms with Gasteiger partial charge in [0.2, 0.25) is 0 Å². The summed E-state index contributed by atoms with van der Waals surface area (Å²) in [6.07, 6.45) is 1.68. The van der Waals surface area contributed by atoms with Gasteiger partial charge in [0.05, 0.1) is 5.52 Å². The highest BCUT2D eigenvalue weighted by Crippen LogP contribution is 2.22. The Morgan fingerprint density at radius 3 is 2.92 bits per heavy atom. The lowest BCUT2D eigenvalue weighted by atomic mass is 10.1. The molecule has 0 aliphatic heterocycles. The van der Waals surface area contributed by atoms with E-state index in [1.54, 1.807) is 18.3 Å². The number of pyridine rings is 1. The number of rotatable bonds is 0. The number of halogens is 2. The molecule has 0 fully saturated rings. The topological polar surface area (TPSA) is 12.9 Å². The molecule has 13 heavy (non-hydrogen) atoms. The zero-order valence-electron chi connectivity index (χ0n) is 7.01. The first-order chi connectivity index (χ1) is 6.18. The first-order valence-electron chi connectivity index (χ1n) is 3.89. The fraction of sp³-hybridized carbons (Fsp3) is 0.100. The standard InChI is InChI=1S/C10H7BrFN/c1-6-2-3-9(12)8-4-7(11)5-13-10(6)8/h2-5H,1H3. The number of nitrogens with zero attached hydrogens (tertiary/aromatic N) is 1. The Morgan fingerprint density at radius 1 is 1.38 bits per heavy atom. The second kappa shape index (κ2) is 3.07. The van der Waals surface area contributed by atoms with Gasteiger partial charge in [-0.25, -0.2) is 4.39 Å². The molecular formula is C10H7BrFN. The van der Waals surface area contributed by atoms with Gasteiger partial charge >= 0.3 is 0 Å². The molecule has 0 saturated carbocycles. The highest BCUT2D eigenvalue weighted by atomic mass is 79.9. The fourth-order valence-electron chi connectivity index (χ4n) is 1.30. The molecule has 3 heteroatoms. The minimum atomic E-state index is -0.227. The molecule has 0 saturated heterocycles. The molecule has 66 valence electrons. The van der Waals surface area contributed by atoms with E-state index in [1.165, 1.54) is 6.07 Å². The summed E-state index contributed by atoms with van der Waals surface area (Å²) in [5.74, 6) is -0.227. The molecule has 1 heterocycles. The summed E-state index contributed by atoms with van der Waals surface area (Å²) in [6.45, 7) is 1.92. The van der Waals surface area contributed by atoms with E-state index in [0.717, 1.165) is 15.6 Å². The summed E-state index contributed by atoms with van der Waals surface area (Å²) in [7, 11) is 0. The highest BCUT2D eigenvalue weighted by Gasteiger charge is 2.04. The maximum atomic E-state index is 13.3. The van der Waals surface area contributed by atoms with Crippen LogP contribution in [0.1, 0.15) is 5.56 Å². The third-order valence-electron chi connectivity index (χ3n) is 1.96. The largest absolute Gasteiger partial charge is 0.255 e. The normalized spacial score (nSPS) is 10.7. The highest BCUT2D eigenvalue weighted by molar-refractivity contribution is 9.10. The fourth-order valence-corrected chi connectivity index (χ4v) is 1.63. The Morgan fingerprint density at radius 2 is 2.15 bits per heavy atom. The third kappa shape index (κ3) is 1.44. The van der Waals surface area contributed by atoms with Gasteiger partial charge in [-0.15, -0.1) is 0 Å². The average Bonchev–Trinajstić information content (AvgIpc) is 2.12. The van der Waals surface area contributed by atoms with Gasteiger partial charge in [-0.3, -0.25) is 4.98 Å². The Kier molecular flexibility index (Phi) is 2.04. The lowest BCUT2D eigenvalue weighted by Gasteiger charge is -2.02. The van der Waals surface area contributed by atoms with Crippen LogP contribution < -0.4 is 0 Å². The average molecular weight is 240 g/mol.